The standard InChI is InChI=1S/C20H25N5O3S3/c1-3-25-18-8-7-16(31(27,28)24-9-5-4-6-10-24)11-17(18)23-20(25)30-13-15-12-29-19(22-15)21-14(2)26/h7-8,11-12H,3-6,9-10,13H2,1-2H3,(H,21,22,26). The first-order valence-electron chi connectivity index (χ1n) is 10.2. The maximum absolute atomic E-state index is 13.0. The first kappa shape index (κ1) is 22.3. The van der Waals surface area contributed by atoms with Gasteiger partial charge < -0.3 is 9.88 Å². The number of aryl methyl sites for hydroxylation is 1. The van der Waals surface area contributed by atoms with Crippen LogP contribution in [-0.4, -0.2) is 46.3 Å². The molecule has 1 aromatic carbocycles. The van der Waals surface area contributed by atoms with Crippen LogP contribution in [-0.2, 0) is 27.1 Å². The Morgan fingerprint density at radius 2 is 2.00 bits per heavy atom. The van der Waals surface area contributed by atoms with Gasteiger partial charge in [-0.15, -0.1) is 11.3 Å². The summed E-state index contributed by atoms with van der Waals surface area (Å²) in [5.41, 5.74) is 2.46. The van der Waals surface area contributed by atoms with Gasteiger partial charge in [0.05, 0.1) is 21.6 Å². The Kier molecular flexibility index (Phi) is 6.65. The Balaban J connectivity index is 1.57. The molecule has 0 bridgehead atoms. The van der Waals surface area contributed by atoms with Gasteiger partial charge in [0, 0.05) is 37.7 Å². The molecule has 1 amide bonds. The maximum Gasteiger partial charge on any atom is 0.243 e. The second-order valence-corrected chi connectivity index (χ2v) is 11.1. The van der Waals surface area contributed by atoms with Crippen molar-refractivity contribution >= 4 is 55.2 Å². The highest BCUT2D eigenvalue weighted by molar-refractivity contribution is 7.98. The quantitative estimate of drug-likeness (QED) is 0.516. The molecule has 3 heterocycles. The number of carbonyl (C=O) groups is 1. The third-order valence-corrected chi connectivity index (χ3v) is 8.85. The summed E-state index contributed by atoms with van der Waals surface area (Å²) < 4.78 is 29.7. The van der Waals surface area contributed by atoms with Gasteiger partial charge in [-0.25, -0.2) is 18.4 Å². The van der Waals surface area contributed by atoms with Gasteiger partial charge in [0.25, 0.3) is 0 Å². The molecule has 1 fully saturated rings. The van der Waals surface area contributed by atoms with Gasteiger partial charge in [0.2, 0.25) is 15.9 Å². The number of amides is 1. The molecular formula is C20H25N5O3S3. The molecule has 1 aliphatic rings. The molecule has 0 aliphatic carbocycles. The largest absolute Gasteiger partial charge is 0.319 e. The molecule has 11 heteroatoms. The number of hydrogen-bond donors (Lipinski definition) is 1. The number of aromatic nitrogens is 3. The third kappa shape index (κ3) is 4.79. The lowest BCUT2D eigenvalue weighted by molar-refractivity contribution is -0.114. The molecule has 2 aromatic heterocycles. The van der Waals surface area contributed by atoms with E-state index in [2.05, 4.69) is 14.9 Å². The van der Waals surface area contributed by atoms with E-state index in [4.69, 9.17) is 4.98 Å². The number of thioether (sulfide) groups is 1. The number of rotatable bonds is 7. The molecule has 166 valence electrons. The molecule has 3 aromatic rings. The van der Waals surface area contributed by atoms with Crippen LogP contribution in [0.5, 0.6) is 0 Å². The number of sulfonamides is 1. The summed E-state index contributed by atoms with van der Waals surface area (Å²) in [5, 5.41) is 6.01. The zero-order valence-corrected chi connectivity index (χ0v) is 19.9. The highest BCUT2D eigenvalue weighted by Crippen LogP contribution is 2.30. The number of anilines is 1. The lowest BCUT2D eigenvalue weighted by Crippen LogP contribution is -2.35. The van der Waals surface area contributed by atoms with Crippen LogP contribution in [0.15, 0.2) is 33.6 Å². The summed E-state index contributed by atoms with van der Waals surface area (Å²) in [6.07, 6.45) is 2.90. The second kappa shape index (κ2) is 9.27. The van der Waals surface area contributed by atoms with Crippen LogP contribution in [0, 0.1) is 0 Å². The number of piperidine rings is 1. The molecular weight excluding hydrogens is 454 g/mol. The monoisotopic (exact) mass is 479 g/mol. The van der Waals surface area contributed by atoms with E-state index < -0.39 is 10.0 Å². The van der Waals surface area contributed by atoms with Crippen molar-refractivity contribution in [3.8, 4) is 0 Å². The molecule has 0 saturated carbocycles. The van der Waals surface area contributed by atoms with Crippen LogP contribution >= 0.6 is 23.1 Å². The van der Waals surface area contributed by atoms with Crippen LogP contribution in [0.2, 0.25) is 0 Å². The van der Waals surface area contributed by atoms with Crippen molar-refractivity contribution in [2.45, 2.75) is 55.5 Å². The number of benzene rings is 1. The maximum atomic E-state index is 13.0. The summed E-state index contributed by atoms with van der Waals surface area (Å²) in [6.45, 7) is 5.39. The predicted molar refractivity (Wildman–Crippen MR) is 124 cm³/mol. The van der Waals surface area contributed by atoms with E-state index >= 15 is 0 Å². The fourth-order valence-electron chi connectivity index (χ4n) is 3.64. The zero-order chi connectivity index (χ0) is 22.0. The minimum absolute atomic E-state index is 0.142. The first-order chi connectivity index (χ1) is 14.9. The van der Waals surface area contributed by atoms with Crippen molar-refractivity contribution in [3.05, 3.63) is 29.3 Å². The van der Waals surface area contributed by atoms with Gasteiger partial charge in [-0.05, 0) is 38.0 Å². The molecule has 1 aliphatic heterocycles. The fourth-order valence-corrected chi connectivity index (χ4v) is 7.01. The summed E-state index contributed by atoms with van der Waals surface area (Å²) >= 11 is 2.94. The van der Waals surface area contributed by atoms with Crippen LogP contribution < -0.4 is 5.32 Å². The van der Waals surface area contributed by atoms with E-state index in [0.29, 0.717) is 34.4 Å². The van der Waals surface area contributed by atoms with Crippen LogP contribution in [0.25, 0.3) is 11.0 Å². The minimum Gasteiger partial charge on any atom is -0.319 e. The molecule has 0 radical (unpaired) electrons. The Morgan fingerprint density at radius 3 is 2.71 bits per heavy atom. The van der Waals surface area contributed by atoms with E-state index in [-0.39, 0.29) is 5.91 Å². The van der Waals surface area contributed by atoms with Gasteiger partial charge >= 0.3 is 0 Å². The Bertz CT molecular complexity index is 1200. The number of thiazole rings is 1. The normalized spacial score (nSPS) is 15.4. The van der Waals surface area contributed by atoms with E-state index in [1.807, 2.05) is 18.4 Å². The minimum atomic E-state index is -3.49. The summed E-state index contributed by atoms with van der Waals surface area (Å²) in [6, 6.07) is 5.23. The average molecular weight is 480 g/mol. The molecule has 1 saturated heterocycles. The van der Waals surface area contributed by atoms with Crippen molar-refractivity contribution in [1.29, 1.82) is 0 Å². The second-order valence-electron chi connectivity index (χ2n) is 7.37. The molecule has 1 N–H and O–H groups in total. The number of imidazole rings is 1. The van der Waals surface area contributed by atoms with Crippen LogP contribution in [0.1, 0.15) is 38.8 Å². The average Bonchev–Trinajstić information content (AvgIpc) is 3.35. The summed E-state index contributed by atoms with van der Waals surface area (Å²) in [7, 11) is -3.49. The van der Waals surface area contributed by atoms with E-state index in [1.54, 1.807) is 28.2 Å². The number of carbonyl (C=O) groups excluding carboxylic acids is 1. The van der Waals surface area contributed by atoms with Gasteiger partial charge in [-0.2, -0.15) is 4.31 Å². The van der Waals surface area contributed by atoms with Gasteiger partial charge in [-0.3, -0.25) is 4.79 Å². The Labute approximate surface area is 190 Å². The summed E-state index contributed by atoms with van der Waals surface area (Å²) in [4.78, 5) is 20.6. The van der Waals surface area contributed by atoms with E-state index in [0.717, 1.165) is 42.2 Å². The van der Waals surface area contributed by atoms with Gasteiger partial charge in [0.1, 0.15) is 0 Å². The van der Waals surface area contributed by atoms with Gasteiger partial charge in [-0.1, -0.05) is 18.2 Å². The number of nitrogens with zero attached hydrogens (tertiary/aromatic N) is 4. The number of hydrogen-bond acceptors (Lipinski definition) is 7. The molecule has 0 spiro atoms. The first-order valence-corrected chi connectivity index (χ1v) is 13.5. The fraction of sp³-hybridized carbons (Fsp3) is 0.450. The predicted octanol–water partition coefficient (Wildman–Crippen LogP) is 3.94. The van der Waals surface area contributed by atoms with E-state index in [1.165, 1.54) is 18.3 Å². The SMILES string of the molecule is CCn1c(SCc2csc(NC(C)=O)n2)nc2cc(S(=O)(=O)N3CCCCC3)ccc21. The topological polar surface area (TPSA) is 97.2 Å². The van der Waals surface area contributed by atoms with Crippen molar-refractivity contribution in [1.82, 2.24) is 18.8 Å². The highest BCUT2D eigenvalue weighted by Gasteiger charge is 2.26. The molecule has 8 nitrogen and oxygen atoms in total. The van der Waals surface area contributed by atoms with Crippen LogP contribution in [0.4, 0.5) is 5.13 Å². The number of fused-ring (bicyclic) bond motifs is 1. The van der Waals surface area contributed by atoms with Crippen molar-refractivity contribution in [2.24, 2.45) is 0 Å². The lowest BCUT2D eigenvalue weighted by Gasteiger charge is -2.25. The molecule has 4 rings (SSSR count). The summed E-state index contributed by atoms with van der Waals surface area (Å²) in [5.74, 6) is 0.467. The molecule has 0 atom stereocenters. The van der Waals surface area contributed by atoms with Crippen LogP contribution in [0.3, 0.4) is 0 Å². The number of nitrogens with one attached hydrogen (secondary N) is 1. The van der Waals surface area contributed by atoms with Crippen molar-refractivity contribution in [2.75, 3.05) is 18.4 Å². The zero-order valence-electron chi connectivity index (χ0n) is 17.5. The Hall–Kier alpha value is -1.95. The van der Waals surface area contributed by atoms with Crippen molar-refractivity contribution < 1.29 is 13.2 Å². The lowest BCUT2D eigenvalue weighted by atomic mass is 10.2. The Morgan fingerprint density at radius 1 is 1.23 bits per heavy atom. The molecule has 31 heavy (non-hydrogen) atoms. The van der Waals surface area contributed by atoms with E-state index in [9.17, 15) is 13.2 Å². The smallest absolute Gasteiger partial charge is 0.243 e. The van der Waals surface area contributed by atoms with Gasteiger partial charge in [0.15, 0.2) is 10.3 Å². The highest BCUT2D eigenvalue weighted by atomic mass is 32.2. The third-order valence-electron chi connectivity index (χ3n) is 5.14. The van der Waals surface area contributed by atoms with Crippen molar-refractivity contribution in [3.63, 3.8) is 0 Å². The molecule has 0 unspecified atom stereocenters.